The topological polar surface area (TPSA) is 29.1 Å². The number of benzene rings is 1. The van der Waals surface area contributed by atoms with E-state index in [9.17, 15) is 4.79 Å². The van der Waals surface area contributed by atoms with Crippen LogP contribution in [0.15, 0.2) is 30.3 Å². The van der Waals surface area contributed by atoms with Gasteiger partial charge in [-0.05, 0) is 17.5 Å². The summed E-state index contributed by atoms with van der Waals surface area (Å²) < 4.78 is 1.25. The third-order valence-corrected chi connectivity index (χ3v) is 2.93. The van der Waals surface area contributed by atoms with E-state index >= 15 is 0 Å². The van der Waals surface area contributed by atoms with Crippen LogP contribution in [0.4, 0.5) is 0 Å². The molecule has 0 aliphatic heterocycles. The highest BCUT2D eigenvalue weighted by molar-refractivity contribution is 7.19. The molecule has 2 nitrogen and oxygen atoms in total. The molecular formula is C10H8NOS. The summed E-state index contributed by atoms with van der Waals surface area (Å²) in [6, 6.07) is 10.3. The molecular weight excluding hydrogens is 182 g/mol. The third-order valence-electron chi connectivity index (χ3n) is 1.81. The average Bonchev–Trinajstić information content (AvgIpc) is 2.57. The first-order chi connectivity index (χ1) is 6.40. The Kier molecular flexibility index (Phi) is 2.27. The Bertz CT molecular complexity index is 389. The summed E-state index contributed by atoms with van der Waals surface area (Å²) in [5.74, 6) is 0. The first-order valence-corrected chi connectivity index (χ1v) is 4.79. The highest BCUT2D eigenvalue weighted by Gasteiger charge is 1.99. The van der Waals surface area contributed by atoms with E-state index in [-0.39, 0.29) is 0 Å². The Hall–Kier alpha value is -1.35. The van der Waals surface area contributed by atoms with Crippen LogP contribution < -0.4 is 5.32 Å². The van der Waals surface area contributed by atoms with Crippen LogP contribution in [0.1, 0.15) is 4.88 Å². The number of hydrogen-bond acceptors (Lipinski definition) is 2. The molecule has 1 aromatic heterocycles. The predicted octanol–water partition coefficient (Wildman–Crippen LogP) is 2.06. The number of nitrogens with one attached hydrogen (secondary N) is 1. The normalized spacial score (nSPS) is 10.2. The SMILES string of the molecule is O=[C]NCc1cc2ccccc2s1. The van der Waals surface area contributed by atoms with Crippen molar-refractivity contribution in [1.82, 2.24) is 5.32 Å². The molecule has 0 fully saturated rings. The molecule has 13 heavy (non-hydrogen) atoms. The summed E-state index contributed by atoms with van der Waals surface area (Å²) in [6.07, 6.45) is 1.67. The Morgan fingerprint density at radius 3 is 3.00 bits per heavy atom. The van der Waals surface area contributed by atoms with Gasteiger partial charge in [-0.15, -0.1) is 11.3 Å². The molecule has 0 bridgehead atoms. The molecule has 2 aromatic rings. The van der Waals surface area contributed by atoms with E-state index in [1.807, 2.05) is 12.1 Å². The van der Waals surface area contributed by atoms with Crippen LogP contribution in [0, 0.1) is 0 Å². The minimum atomic E-state index is 0.572. The highest BCUT2D eigenvalue weighted by atomic mass is 32.1. The molecule has 0 saturated carbocycles. The number of fused-ring (bicyclic) bond motifs is 1. The lowest BCUT2D eigenvalue weighted by atomic mass is 10.2. The van der Waals surface area contributed by atoms with Crippen molar-refractivity contribution in [3.63, 3.8) is 0 Å². The largest absolute Gasteiger partial charge is 0.343 e. The quantitative estimate of drug-likeness (QED) is 0.737. The molecule has 1 N–H and O–H groups in total. The van der Waals surface area contributed by atoms with Crippen LogP contribution in [-0.2, 0) is 11.3 Å². The predicted molar refractivity (Wildman–Crippen MR) is 54.4 cm³/mol. The maximum absolute atomic E-state index is 9.96. The van der Waals surface area contributed by atoms with E-state index in [2.05, 4.69) is 23.5 Å². The second-order valence-electron chi connectivity index (χ2n) is 2.71. The Balaban J connectivity index is 2.32. The standard InChI is InChI=1S/C10H8NOS/c12-7-11-6-9-5-8-3-1-2-4-10(8)13-9/h1-5H,6H2,(H,11,12). The maximum Gasteiger partial charge on any atom is 0.309 e. The van der Waals surface area contributed by atoms with E-state index in [4.69, 9.17) is 0 Å². The van der Waals surface area contributed by atoms with Gasteiger partial charge in [0.2, 0.25) is 0 Å². The van der Waals surface area contributed by atoms with Gasteiger partial charge >= 0.3 is 6.41 Å². The van der Waals surface area contributed by atoms with Crippen molar-refractivity contribution in [3.8, 4) is 0 Å². The number of hydrogen-bond donors (Lipinski definition) is 1. The first-order valence-electron chi connectivity index (χ1n) is 3.97. The number of rotatable bonds is 3. The van der Waals surface area contributed by atoms with Crippen LogP contribution in [0.25, 0.3) is 10.1 Å². The lowest BCUT2D eigenvalue weighted by molar-refractivity contribution is 0.542. The minimum absolute atomic E-state index is 0.572. The molecule has 1 radical (unpaired) electrons. The van der Waals surface area contributed by atoms with Crippen LogP contribution >= 0.6 is 11.3 Å². The summed E-state index contributed by atoms with van der Waals surface area (Å²) in [7, 11) is 0. The lowest BCUT2D eigenvalue weighted by Crippen LogP contribution is -2.07. The molecule has 0 aliphatic rings. The van der Waals surface area contributed by atoms with Crippen LogP contribution in [0.2, 0.25) is 0 Å². The van der Waals surface area contributed by atoms with Crippen molar-refractivity contribution in [2.75, 3.05) is 0 Å². The molecule has 0 atom stereocenters. The Morgan fingerprint density at radius 2 is 2.23 bits per heavy atom. The van der Waals surface area contributed by atoms with Gasteiger partial charge in [0.15, 0.2) is 0 Å². The van der Waals surface area contributed by atoms with E-state index in [1.54, 1.807) is 17.7 Å². The molecule has 3 heteroatoms. The number of carbonyl (C=O) groups excluding carboxylic acids is 1. The second-order valence-corrected chi connectivity index (χ2v) is 3.87. The molecule has 0 spiro atoms. The monoisotopic (exact) mass is 190 g/mol. The number of thiophene rings is 1. The molecule has 1 heterocycles. The van der Waals surface area contributed by atoms with Crippen LogP contribution in [0.5, 0.6) is 0 Å². The van der Waals surface area contributed by atoms with Crippen molar-refractivity contribution in [3.05, 3.63) is 35.2 Å². The average molecular weight is 190 g/mol. The van der Waals surface area contributed by atoms with Gasteiger partial charge in [-0.25, -0.2) is 0 Å². The van der Waals surface area contributed by atoms with Gasteiger partial charge in [0.25, 0.3) is 0 Å². The maximum atomic E-state index is 9.96. The summed E-state index contributed by atoms with van der Waals surface area (Å²) in [5, 5.41) is 3.76. The van der Waals surface area contributed by atoms with Crippen LogP contribution in [0.3, 0.4) is 0 Å². The van der Waals surface area contributed by atoms with Crippen molar-refractivity contribution < 1.29 is 4.79 Å². The summed E-state index contributed by atoms with van der Waals surface area (Å²) in [4.78, 5) is 11.1. The summed E-state index contributed by atoms with van der Waals surface area (Å²) >= 11 is 1.70. The van der Waals surface area contributed by atoms with Gasteiger partial charge in [-0.1, -0.05) is 18.2 Å². The Labute approximate surface area is 80.2 Å². The van der Waals surface area contributed by atoms with Crippen molar-refractivity contribution in [2.45, 2.75) is 6.54 Å². The molecule has 65 valence electrons. The summed E-state index contributed by atoms with van der Waals surface area (Å²) in [5.41, 5.74) is 0. The van der Waals surface area contributed by atoms with Gasteiger partial charge in [-0.3, -0.25) is 4.79 Å². The molecule has 2 rings (SSSR count). The fourth-order valence-corrected chi connectivity index (χ4v) is 2.25. The fraction of sp³-hybridized carbons (Fsp3) is 0.100. The molecule has 1 aromatic carbocycles. The first kappa shape index (κ1) is 8.26. The summed E-state index contributed by atoms with van der Waals surface area (Å²) in [6.45, 7) is 0.572. The van der Waals surface area contributed by atoms with Gasteiger partial charge in [0.05, 0.1) is 6.54 Å². The zero-order valence-electron chi connectivity index (χ0n) is 6.91. The molecule has 1 amide bonds. The lowest BCUT2D eigenvalue weighted by Gasteiger charge is -1.89. The van der Waals surface area contributed by atoms with Crippen molar-refractivity contribution in [2.24, 2.45) is 0 Å². The van der Waals surface area contributed by atoms with E-state index in [1.165, 1.54) is 10.1 Å². The van der Waals surface area contributed by atoms with E-state index < -0.39 is 0 Å². The van der Waals surface area contributed by atoms with Gasteiger partial charge in [0, 0.05) is 9.58 Å². The Morgan fingerprint density at radius 1 is 1.38 bits per heavy atom. The third kappa shape index (κ3) is 1.70. The zero-order chi connectivity index (χ0) is 9.10. The highest BCUT2D eigenvalue weighted by Crippen LogP contribution is 2.24. The molecule has 0 saturated heterocycles. The second kappa shape index (κ2) is 3.58. The molecule has 0 aliphatic carbocycles. The fourth-order valence-electron chi connectivity index (χ4n) is 1.25. The van der Waals surface area contributed by atoms with Crippen molar-refractivity contribution in [1.29, 1.82) is 0 Å². The van der Waals surface area contributed by atoms with Crippen LogP contribution in [-0.4, -0.2) is 6.41 Å². The van der Waals surface area contributed by atoms with E-state index in [0.29, 0.717) is 6.54 Å². The zero-order valence-corrected chi connectivity index (χ0v) is 7.73. The van der Waals surface area contributed by atoms with Crippen molar-refractivity contribution >= 4 is 27.8 Å². The van der Waals surface area contributed by atoms with Gasteiger partial charge < -0.3 is 5.32 Å². The smallest absolute Gasteiger partial charge is 0.309 e. The minimum Gasteiger partial charge on any atom is -0.343 e. The van der Waals surface area contributed by atoms with Gasteiger partial charge in [-0.2, -0.15) is 0 Å². The van der Waals surface area contributed by atoms with E-state index in [0.717, 1.165) is 4.88 Å². The van der Waals surface area contributed by atoms with Gasteiger partial charge in [0.1, 0.15) is 0 Å². The number of amides is 1. The molecule has 0 unspecified atom stereocenters.